The normalized spacial score (nSPS) is 12.9. The van der Waals surface area contributed by atoms with Gasteiger partial charge in [0.2, 0.25) is 0 Å². The Morgan fingerprint density at radius 3 is 2.59 bits per heavy atom. The Kier molecular flexibility index (Phi) is 11.3. The van der Waals surface area contributed by atoms with Crippen molar-refractivity contribution in [3.8, 4) is 0 Å². The fraction of sp³-hybridized carbons (Fsp3) is 0.750. The number of guanidine groups is 1. The Bertz CT molecular complexity index is 432. The number of unbranched alkanes of at least 4 members (excludes halogenated alkanes) is 2. The van der Waals surface area contributed by atoms with Gasteiger partial charge in [0, 0.05) is 19.2 Å². The predicted octanol–water partition coefficient (Wildman–Crippen LogP) is 4.05. The summed E-state index contributed by atoms with van der Waals surface area (Å²) in [6.45, 7) is 9.22. The number of nitrogens with zero attached hydrogens (tertiary/aromatic N) is 2. The largest absolute Gasteiger partial charge is 0.359 e. The lowest BCUT2D eigenvalue weighted by Gasteiger charge is -2.17. The molecule has 2 N–H and O–H groups in total. The van der Waals surface area contributed by atoms with Crippen molar-refractivity contribution in [2.45, 2.75) is 71.9 Å². The van der Waals surface area contributed by atoms with Crippen LogP contribution in [-0.2, 0) is 6.54 Å². The lowest BCUT2D eigenvalue weighted by Crippen LogP contribution is -2.41. The van der Waals surface area contributed by atoms with Crippen molar-refractivity contribution < 1.29 is 4.52 Å². The fourth-order valence-electron chi connectivity index (χ4n) is 2.06. The molecule has 0 radical (unpaired) electrons. The van der Waals surface area contributed by atoms with E-state index in [0.29, 0.717) is 18.5 Å². The van der Waals surface area contributed by atoms with E-state index in [2.05, 4.69) is 48.5 Å². The molecule has 0 amide bonds. The third-order valence-electron chi connectivity index (χ3n) is 3.45. The molecule has 0 saturated carbocycles. The van der Waals surface area contributed by atoms with E-state index in [4.69, 9.17) is 4.52 Å². The van der Waals surface area contributed by atoms with Crippen molar-refractivity contribution >= 4 is 29.9 Å². The molecule has 1 aromatic heterocycles. The predicted molar refractivity (Wildman–Crippen MR) is 103 cm³/mol. The number of hydrogen-bond donors (Lipinski definition) is 2. The van der Waals surface area contributed by atoms with Crippen molar-refractivity contribution in [3.05, 3.63) is 17.5 Å². The summed E-state index contributed by atoms with van der Waals surface area (Å²) < 4.78 is 5.31. The Morgan fingerprint density at radius 2 is 2.05 bits per heavy atom. The topological polar surface area (TPSA) is 62.5 Å². The maximum absolute atomic E-state index is 5.31. The smallest absolute Gasteiger partial charge is 0.191 e. The second-order valence-electron chi connectivity index (χ2n) is 5.84. The number of aromatic nitrogens is 1. The first kappa shape index (κ1) is 21.2. The number of hydrogen-bond acceptors (Lipinski definition) is 3. The second-order valence-corrected chi connectivity index (χ2v) is 5.84. The van der Waals surface area contributed by atoms with Gasteiger partial charge in [-0.2, -0.15) is 0 Å². The van der Waals surface area contributed by atoms with Crippen LogP contribution in [0.15, 0.2) is 15.6 Å². The van der Waals surface area contributed by atoms with Crippen LogP contribution in [-0.4, -0.2) is 24.2 Å². The molecule has 1 aromatic rings. The number of rotatable bonds is 8. The summed E-state index contributed by atoms with van der Waals surface area (Å²) in [7, 11) is 1.79. The summed E-state index contributed by atoms with van der Waals surface area (Å²) in [6, 6.07) is 2.42. The molecule has 6 heteroatoms. The van der Waals surface area contributed by atoms with Crippen molar-refractivity contribution in [1.29, 1.82) is 0 Å². The molecule has 0 bridgehead atoms. The zero-order valence-corrected chi connectivity index (χ0v) is 16.8. The highest BCUT2D eigenvalue weighted by Gasteiger charge is 2.09. The monoisotopic (exact) mass is 422 g/mol. The van der Waals surface area contributed by atoms with Gasteiger partial charge in [0.05, 0.1) is 12.2 Å². The number of halogens is 1. The molecule has 1 unspecified atom stereocenters. The van der Waals surface area contributed by atoms with Gasteiger partial charge in [0.15, 0.2) is 11.7 Å². The summed E-state index contributed by atoms with van der Waals surface area (Å²) in [5.74, 6) is 2.03. The zero-order chi connectivity index (χ0) is 15.7. The highest BCUT2D eigenvalue weighted by molar-refractivity contribution is 14.0. The summed E-state index contributed by atoms with van der Waals surface area (Å²) in [6.07, 6.45) is 4.95. The van der Waals surface area contributed by atoms with Crippen LogP contribution in [0.25, 0.3) is 0 Å². The van der Waals surface area contributed by atoms with Crippen LogP contribution < -0.4 is 10.6 Å². The molecular formula is C16H31IN4O. The molecule has 0 aliphatic heterocycles. The summed E-state index contributed by atoms with van der Waals surface area (Å²) >= 11 is 0. The van der Waals surface area contributed by atoms with E-state index in [1.807, 2.05) is 6.07 Å². The first-order chi connectivity index (χ1) is 10.1. The second kappa shape index (κ2) is 11.7. The van der Waals surface area contributed by atoms with E-state index in [-0.39, 0.29) is 24.0 Å². The van der Waals surface area contributed by atoms with Crippen molar-refractivity contribution in [3.63, 3.8) is 0 Å². The Balaban J connectivity index is 0.00000441. The van der Waals surface area contributed by atoms with E-state index < -0.39 is 0 Å². The lowest BCUT2D eigenvalue weighted by atomic mass is 10.1. The maximum Gasteiger partial charge on any atom is 0.191 e. The molecule has 128 valence electrons. The molecule has 22 heavy (non-hydrogen) atoms. The summed E-state index contributed by atoms with van der Waals surface area (Å²) in [4.78, 5) is 4.25. The van der Waals surface area contributed by atoms with Crippen LogP contribution >= 0.6 is 24.0 Å². The Morgan fingerprint density at radius 1 is 1.32 bits per heavy atom. The number of nitrogens with one attached hydrogen (secondary N) is 2. The van der Waals surface area contributed by atoms with Crippen molar-refractivity contribution in [2.24, 2.45) is 4.99 Å². The highest BCUT2D eigenvalue weighted by atomic mass is 127. The van der Waals surface area contributed by atoms with Gasteiger partial charge in [0.1, 0.15) is 0 Å². The van der Waals surface area contributed by atoms with Gasteiger partial charge in [-0.15, -0.1) is 24.0 Å². The van der Waals surface area contributed by atoms with Crippen LogP contribution in [0.5, 0.6) is 0 Å². The van der Waals surface area contributed by atoms with Gasteiger partial charge in [-0.1, -0.05) is 45.2 Å². The van der Waals surface area contributed by atoms with E-state index in [0.717, 1.165) is 23.8 Å². The van der Waals surface area contributed by atoms with Gasteiger partial charge in [0.25, 0.3) is 0 Å². The SMILES string of the molecule is CCCCCC(C)NC(=NC)NCc1cc(C(C)C)no1.I. The highest BCUT2D eigenvalue weighted by Crippen LogP contribution is 2.13. The molecule has 0 aliphatic rings. The standard InChI is InChI=1S/C16H30N4O.HI/c1-6-7-8-9-13(4)19-16(17-5)18-11-14-10-15(12(2)3)20-21-14;/h10,12-13H,6-9,11H2,1-5H3,(H2,17,18,19);1H. The first-order valence-electron chi connectivity index (χ1n) is 7.99. The first-order valence-corrected chi connectivity index (χ1v) is 7.99. The minimum absolute atomic E-state index is 0. The summed E-state index contributed by atoms with van der Waals surface area (Å²) in [5.41, 5.74) is 0.989. The van der Waals surface area contributed by atoms with Crippen LogP contribution in [0.3, 0.4) is 0 Å². The molecule has 5 nitrogen and oxygen atoms in total. The van der Waals surface area contributed by atoms with Crippen LogP contribution in [0.2, 0.25) is 0 Å². The third-order valence-corrected chi connectivity index (χ3v) is 3.45. The minimum atomic E-state index is 0. The van der Waals surface area contributed by atoms with Gasteiger partial charge >= 0.3 is 0 Å². The van der Waals surface area contributed by atoms with Crippen LogP contribution in [0.4, 0.5) is 0 Å². The molecule has 0 fully saturated rings. The van der Waals surface area contributed by atoms with Crippen LogP contribution in [0, 0.1) is 0 Å². The van der Waals surface area contributed by atoms with Gasteiger partial charge < -0.3 is 15.2 Å². The van der Waals surface area contributed by atoms with E-state index in [1.54, 1.807) is 7.05 Å². The average Bonchev–Trinajstić information content (AvgIpc) is 2.92. The van der Waals surface area contributed by atoms with Crippen LogP contribution in [0.1, 0.15) is 70.8 Å². The quantitative estimate of drug-likeness (QED) is 0.287. The van der Waals surface area contributed by atoms with Crippen molar-refractivity contribution in [1.82, 2.24) is 15.8 Å². The van der Waals surface area contributed by atoms with Gasteiger partial charge in [-0.3, -0.25) is 4.99 Å². The molecule has 0 spiro atoms. The molecular weight excluding hydrogens is 391 g/mol. The molecule has 0 aromatic carbocycles. The lowest BCUT2D eigenvalue weighted by molar-refractivity contribution is 0.371. The van der Waals surface area contributed by atoms with Crippen molar-refractivity contribution in [2.75, 3.05) is 7.05 Å². The van der Waals surface area contributed by atoms with Gasteiger partial charge in [-0.05, 0) is 19.3 Å². The minimum Gasteiger partial charge on any atom is -0.359 e. The van der Waals surface area contributed by atoms with E-state index in [1.165, 1.54) is 19.3 Å². The number of aliphatic imine (C=N–C) groups is 1. The Hall–Kier alpha value is -0.790. The molecule has 1 atom stereocenters. The molecule has 0 aliphatic carbocycles. The summed E-state index contributed by atoms with van der Waals surface area (Å²) in [5, 5.41) is 10.7. The average molecular weight is 422 g/mol. The van der Waals surface area contributed by atoms with Gasteiger partial charge in [-0.25, -0.2) is 0 Å². The zero-order valence-electron chi connectivity index (χ0n) is 14.5. The van der Waals surface area contributed by atoms with E-state index >= 15 is 0 Å². The third kappa shape index (κ3) is 8.00. The van der Waals surface area contributed by atoms with E-state index in [9.17, 15) is 0 Å². The molecule has 1 rings (SSSR count). The maximum atomic E-state index is 5.31. The fourth-order valence-corrected chi connectivity index (χ4v) is 2.06. The molecule has 1 heterocycles. The Labute approximate surface area is 151 Å². The molecule has 0 saturated heterocycles.